The lowest BCUT2D eigenvalue weighted by Crippen LogP contribution is -2.43. The van der Waals surface area contributed by atoms with Crippen LogP contribution in [0.25, 0.3) is 0 Å². The molecule has 2 atom stereocenters. The van der Waals surface area contributed by atoms with Gasteiger partial charge in [-0.25, -0.2) is 20.4 Å². The third-order valence-electron chi connectivity index (χ3n) is 3.12. The summed E-state index contributed by atoms with van der Waals surface area (Å²) in [5.41, 5.74) is 7.56. The van der Waals surface area contributed by atoms with Gasteiger partial charge in [-0.2, -0.15) is 0 Å². The number of hydrazine groups is 1. The minimum atomic E-state index is -0.619. The van der Waals surface area contributed by atoms with E-state index in [9.17, 15) is 5.11 Å². The highest BCUT2D eigenvalue weighted by Gasteiger charge is 2.27. The third kappa shape index (κ3) is 2.28. The van der Waals surface area contributed by atoms with Gasteiger partial charge in [0, 0.05) is 18.0 Å². The van der Waals surface area contributed by atoms with Crippen LogP contribution in [-0.4, -0.2) is 27.9 Å². The highest BCUT2D eigenvalue weighted by Crippen LogP contribution is 2.24. The lowest BCUT2D eigenvalue weighted by molar-refractivity contribution is 0.199. The maximum Gasteiger partial charge on any atom is 0.160 e. The minimum Gasteiger partial charge on any atom is -0.389 e. The van der Waals surface area contributed by atoms with Crippen LogP contribution in [-0.2, 0) is 0 Å². The van der Waals surface area contributed by atoms with Crippen molar-refractivity contribution in [2.75, 3.05) is 0 Å². The van der Waals surface area contributed by atoms with Gasteiger partial charge in [0.2, 0.25) is 0 Å². The molecule has 20 heavy (non-hydrogen) atoms. The molecule has 2 aliphatic heterocycles. The fourth-order valence-electron chi connectivity index (χ4n) is 2.15. The van der Waals surface area contributed by atoms with Crippen LogP contribution < -0.4 is 16.2 Å². The van der Waals surface area contributed by atoms with E-state index >= 15 is 0 Å². The molecule has 0 fully saturated rings. The zero-order valence-electron chi connectivity index (χ0n) is 11.3. The summed E-state index contributed by atoms with van der Waals surface area (Å²) in [6.45, 7) is 3.57. The lowest BCUT2D eigenvalue weighted by Gasteiger charge is -2.21. The van der Waals surface area contributed by atoms with Crippen molar-refractivity contribution in [2.24, 2.45) is 9.98 Å². The molecule has 0 radical (unpaired) electrons. The predicted octanol–water partition coefficient (Wildman–Crippen LogP) is 0.504. The fourth-order valence-corrected chi connectivity index (χ4v) is 2.15. The van der Waals surface area contributed by atoms with Crippen LogP contribution in [0.3, 0.4) is 0 Å². The van der Waals surface area contributed by atoms with Crippen LogP contribution in [0.5, 0.6) is 0 Å². The largest absolute Gasteiger partial charge is 0.389 e. The van der Waals surface area contributed by atoms with Crippen molar-refractivity contribution in [3.63, 3.8) is 0 Å². The molecule has 4 N–H and O–H groups in total. The normalized spacial score (nSPS) is 24.4. The minimum absolute atomic E-state index is 0.145. The van der Waals surface area contributed by atoms with Crippen LogP contribution in [0, 0.1) is 0 Å². The molecule has 0 spiro atoms. The second-order valence-electron chi connectivity index (χ2n) is 4.68. The van der Waals surface area contributed by atoms with Crippen LogP contribution >= 0.6 is 0 Å². The van der Waals surface area contributed by atoms with Gasteiger partial charge in [-0.05, 0) is 19.9 Å². The Bertz CT molecular complexity index is 619. The van der Waals surface area contributed by atoms with E-state index in [0.717, 1.165) is 11.4 Å². The molecule has 2 unspecified atom stereocenters. The van der Waals surface area contributed by atoms with Crippen molar-refractivity contribution in [2.45, 2.75) is 26.1 Å². The molecular formula is C13H16N6O. The molecule has 1 aromatic rings. The first-order chi connectivity index (χ1) is 9.65. The third-order valence-corrected chi connectivity index (χ3v) is 3.12. The number of nitrogens with one attached hydrogen (secondary N) is 3. The quantitative estimate of drug-likeness (QED) is 0.629. The summed E-state index contributed by atoms with van der Waals surface area (Å²) in [6.07, 6.45) is 2.71. The Balaban J connectivity index is 2.02. The Kier molecular flexibility index (Phi) is 3.21. The highest BCUT2D eigenvalue weighted by atomic mass is 16.3. The topological polar surface area (TPSA) is 93.9 Å². The summed E-state index contributed by atoms with van der Waals surface area (Å²) in [5, 5.41) is 12.9. The monoisotopic (exact) mass is 272 g/mol. The molecule has 0 aliphatic carbocycles. The van der Waals surface area contributed by atoms with E-state index in [0.29, 0.717) is 17.2 Å². The Morgan fingerprint density at radius 2 is 2.30 bits per heavy atom. The number of fused-ring (bicyclic) bond motifs is 1. The van der Waals surface area contributed by atoms with Crippen molar-refractivity contribution in [1.82, 2.24) is 21.2 Å². The number of pyridine rings is 1. The molecular weight excluding hydrogens is 256 g/mol. The molecule has 0 bridgehead atoms. The van der Waals surface area contributed by atoms with Crippen LogP contribution in [0.1, 0.15) is 25.5 Å². The molecule has 3 heterocycles. The predicted molar refractivity (Wildman–Crippen MR) is 76.4 cm³/mol. The van der Waals surface area contributed by atoms with E-state index in [1.807, 2.05) is 19.2 Å². The number of aliphatic imine (C=N–C) groups is 2. The molecule has 2 aliphatic rings. The van der Waals surface area contributed by atoms with Gasteiger partial charge in [0.05, 0.1) is 11.7 Å². The summed E-state index contributed by atoms with van der Waals surface area (Å²) >= 11 is 0. The van der Waals surface area contributed by atoms with E-state index < -0.39 is 6.10 Å². The molecule has 3 rings (SSSR count). The van der Waals surface area contributed by atoms with Crippen LogP contribution in [0.15, 0.2) is 40.1 Å². The summed E-state index contributed by atoms with van der Waals surface area (Å²) in [4.78, 5) is 13.2. The van der Waals surface area contributed by atoms with E-state index in [1.165, 1.54) is 0 Å². The number of aromatic nitrogens is 1. The Morgan fingerprint density at radius 3 is 3.10 bits per heavy atom. The summed E-state index contributed by atoms with van der Waals surface area (Å²) in [5.74, 6) is 1.96. The van der Waals surface area contributed by atoms with Crippen LogP contribution in [0.4, 0.5) is 5.82 Å². The summed E-state index contributed by atoms with van der Waals surface area (Å²) in [6, 6.07) is 3.60. The molecule has 0 amide bonds. The second-order valence-corrected chi connectivity index (χ2v) is 4.68. The van der Waals surface area contributed by atoms with Gasteiger partial charge in [0.25, 0.3) is 0 Å². The summed E-state index contributed by atoms with van der Waals surface area (Å²) < 4.78 is 0. The number of aliphatic hydroxyl groups excluding tert-OH is 1. The maximum atomic E-state index is 9.78. The smallest absolute Gasteiger partial charge is 0.160 e. The van der Waals surface area contributed by atoms with Crippen molar-refractivity contribution >= 4 is 17.5 Å². The van der Waals surface area contributed by atoms with E-state index in [-0.39, 0.29) is 6.17 Å². The average molecular weight is 272 g/mol. The molecule has 0 saturated heterocycles. The number of nitrogens with zero attached hydrogens (tertiary/aromatic N) is 3. The first-order valence-corrected chi connectivity index (χ1v) is 6.40. The number of rotatable bonds is 2. The van der Waals surface area contributed by atoms with Crippen molar-refractivity contribution in [3.05, 3.63) is 35.7 Å². The summed E-state index contributed by atoms with van der Waals surface area (Å²) in [7, 11) is 0. The van der Waals surface area contributed by atoms with Crippen molar-refractivity contribution in [3.8, 4) is 0 Å². The number of aliphatic hydroxyl groups is 1. The zero-order chi connectivity index (χ0) is 14.1. The first kappa shape index (κ1) is 12.8. The van der Waals surface area contributed by atoms with E-state index in [4.69, 9.17) is 0 Å². The Hall–Kier alpha value is -2.25. The Morgan fingerprint density at radius 1 is 1.45 bits per heavy atom. The van der Waals surface area contributed by atoms with Gasteiger partial charge in [-0.15, -0.1) is 0 Å². The number of amidine groups is 2. The van der Waals surface area contributed by atoms with Gasteiger partial charge in [-0.1, -0.05) is 6.07 Å². The first-order valence-electron chi connectivity index (χ1n) is 6.40. The van der Waals surface area contributed by atoms with Gasteiger partial charge in [-0.3, -0.25) is 0 Å². The molecule has 1 aromatic heterocycles. The van der Waals surface area contributed by atoms with Gasteiger partial charge in [0.15, 0.2) is 5.82 Å². The molecule has 104 valence electrons. The maximum absolute atomic E-state index is 9.78. The van der Waals surface area contributed by atoms with Crippen molar-refractivity contribution in [1.29, 1.82) is 0 Å². The molecule has 0 aromatic carbocycles. The number of hydrogen-bond donors (Lipinski definition) is 4. The van der Waals surface area contributed by atoms with E-state index in [1.54, 1.807) is 19.2 Å². The number of hydrogen-bond acceptors (Lipinski definition) is 6. The van der Waals surface area contributed by atoms with Gasteiger partial charge < -0.3 is 15.8 Å². The van der Waals surface area contributed by atoms with Gasteiger partial charge >= 0.3 is 0 Å². The fraction of sp³-hybridized carbons (Fsp3) is 0.308. The molecule has 0 saturated carbocycles. The lowest BCUT2D eigenvalue weighted by atomic mass is 10.1. The van der Waals surface area contributed by atoms with E-state index in [2.05, 4.69) is 31.1 Å². The van der Waals surface area contributed by atoms with Crippen molar-refractivity contribution < 1.29 is 5.11 Å². The zero-order valence-corrected chi connectivity index (χ0v) is 11.3. The molecule has 7 nitrogen and oxygen atoms in total. The second kappa shape index (κ2) is 5.03. The SMILES string of the molecule is CC1=NC2NNC=C2/C(=N\c2ncccc2C(C)O)N1. The highest BCUT2D eigenvalue weighted by molar-refractivity contribution is 6.12. The average Bonchev–Trinajstić information content (AvgIpc) is 2.87. The molecule has 7 heteroatoms. The Labute approximate surface area is 116 Å². The standard InChI is InChI=1S/C13H16N6O/c1-7(20)9-4-3-5-14-11(9)18-12-10-6-15-19-13(10)17-8(2)16-12/h3-7,13,15,19-20H,1-2H3,(H,14,16,17,18). The van der Waals surface area contributed by atoms with Crippen LogP contribution in [0.2, 0.25) is 0 Å². The van der Waals surface area contributed by atoms with Gasteiger partial charge in [0.1, 0.15) is 17.8 Å².